The number of ether oxygens (including phenoxy) is 1. The fourth-order valence-corrected chi connectivity index (χ4v) is 3.65. The SMILES string of the molecule is CC(C)Oc1ccc(-c2nc(-c3cccc4c3CCC[C@@H]4N)no2)cc1C#N.Cl. The molecule has 0 amide bonds. The number of hydrogen-bond acceptors (Lipinski definition) is 6. The van der Waals surface area contributed by atoms with Crippen LogP contribution in [-0.4, -0.2) is 16.2 Å². The van der Waals surface area contributed by atoms with Crippen LogP contribution in [0.2, 0.25) is 0 Å². The van der Waals surface area contributed by atoms with Crippen molar-refractivity contribution in [3.05, 3.63) is 53.1 Å². The number of nitriles is 1. The van der Waals surface area contributed by atoms with Gasteiger partial charge in [0, 0.05) is 17.2 Å². The second kappa shape index (κ2) is 8.64. The summed E-state index contributed by atoms with van der Waals surface area (Å²) >= 11 is 0. The van der Waals surface area contributed by atoms with E-state index < -0.39 is 0 Å². The Kier molecular flexibility index (Phi) is 6.21. The third kappa shape index (κ3) is 4.12. The molecular weight excluding hydrogens is 388 g/mol. The molecule has 1 heterocycles. The van der Waals surface area contributed by atoms with E-state index in [0.29, 0.717) is 28.6 Å². The summed E-state index contributed by atoms with van der Waals surface area (Å²) in [5.41, 5.74) is 10.7. The Hall–Kier alpha value is -2.88. The van der Waals surface area contributed by atoms with E-state index in [1.54, 1.807) is 12.1 Å². The van der Waals surface area contributed by atoms with Gasteiger partial charge < -0.3 is 15.0 Å². The van der Waals surface area contributed by atoms with E-state index in [1.807, 2.05) is 32.0 Å². The van der Waals surface area contributed by atoms with Crippen molar-refractivity contribution in [1.29, 1.82) is 5.26 Å². The lowest BCUT2D eigenvalue weighted by Crippen LogP contribution is -2.18. The zero-order chi connectivity index (χ0) is 19.7. The molecule has 0 spiro atoms. The zero-order valence-corrected chi connectivity index (χ0v) is 17.2. The number of fused-ring (bicyclic) bond motifs is 1. The molecule has 4 rings (SSSR count). The molecule has 3 aromatic rings. The van der Waals surface area contributed by atoms with Crippen LogP contribution < -0.4 is 10.5 Å². The maximum Gasteiger partial charge on any atom is 0.258 e. The molecule has 0 radical (unpaired) electrons. The summed E-state index contributed by atoms with van der Waals surface area (Å²) in [4.78, 5) is 4.58. The quantitative estimate of drug-likeness (QED) is 0.662. The Balaban J connectivity index is 0.00000240. The minimum absolute atomic E-state index is 0. The van der Waals surface area contributed by atoms with E-state index in [1.165, 1.54) is 5.56 Å². The van der Waals surface area contributed by atoms with Gasteiger partial charge in [0.2, 0.25) is 5.82 Å². The van der Waals surface area contributed by atoms with Gasteiger partial charge in [-0.15, -0.1) is 12.4 Å². The van der Waals surface area contributed by atoms with Gasteiger partial charge in [-0.1, -0.05) is 23.4 Å². The minimum atomic E-state index is -0.0106. The van der Waals surface area contributed by atoms with Crippen molar-refractivity contribution in [1.82, 2.24) is 10.1 Å². The Morgan fingerprint density at radius 3 is 2.86 bits per heavy atom. The monoisotopic (exact) mass is 410 g/mol. The largest absolute Gasteiger partial charge is 0.490 e. The van der Waals surface area contributed by atoms with Crippen molar-refractivity contribution in [2.75, 3.05) is 0 Å². The smallest absolute Gasteiger partial charge is 0.258 e. The standard InChI is InChI=1S/C22H22N4O2.ClH/c1-13(2)27-20-10-9-14(11-15(20)12-23)22-25-21(26-28-22)18-7-3-6-17-16(18)5-4-8-19(17)24;/h3,6-7,9-11,13,19H,4-5,8,24H2,1-2H3;1H/t19-;/m0./s1. The van der Waals surface area contributed by atoms with Crippen molar-refractivity contribution in [2.24, 2.45) is 5.73 Å². The molecule has 1 atom stereocenters. The van der Waals surface area contributed by atoms with Crippen molar-refractivity contribution >= 4 is 12.4 Å². The maximum atomic E-state index is 9.43. The van der Waals surface area contributed by atoms with Crippen LogP contribution in [0, 0.1) is 11.3 Å². The molecule has 1 aromatic heterocycles. The molecule has 0 fully saturated rings. The summed E-state index contributed by atoms with van der Waals surface area (Å²) in [7, 11) is 0. The number of halogens is 1. The molecule has 150 valence electrons. The van der Waals surface area contributed by atoms with E-state index in [9.17, 15) is 5.26 Å². The van der Waals surface area contributed by atoms with Crippen LogP contribution in [0.25, 0.3) is 22.8 Å². The van der Waals surface area contributed by atoms with Crippen LogP contribution >= 0.6 is 12.4 Å². The van der Waals surface area contributed by atoms with Gasteiger partial charge in [0.1, 0.15) is 11.8 Å². The topological polar surface area (TPSA) is 98.0 Å². The first-order valence-corrected chi connectivity index (χ1v) is 9.49. The molecule has 2 N–H and O–H groups in total. The van der Waals surface area contributed by atoms with E-state index in [0.717, 1.165) is 30.4 Å². The van der Waals surface area contributed by atoms with Crippen molar-refractivity contribution < 1.29 is 9.26 Å². The molecule has 2 aromatic carbocycles. The Morgan fingerprint density at radius 1 is 1.28 bits per heavy atom. The van der Waals surface area contributed by atoms with Crippen LogP contribution in [0.1, 0.15) is 49.4 Å². The molecule has 6 nitrogen and oxygen atoms in total. The van der Waals surface area contributed by atoms with Gasteiger partial charge in [0.05, 0.1) is 11.7 Å². The average Bonchev–Trinajstić information content (AvgIpc) is 3.18. The van der Waals surface area contributed by atoms with Gasteiger partial charge in [-0.2, -0.15) is 10.2 Å². The number of nitrogens with zero attached hydrogens (tertiary/aromatic N) is 3. The van der Waals surface area contributed by atoms with E-state index in [2.05, 4.69) is 22.3 Å². The number of aromatic nitrogens is 2. The fourth-order valence-electron chi connectivity index (χ4n) is 3.65. The van der Waals surface area contributed by atoms with Crippen molar-refractivity contribution in [3.63, 3.8) is 0 Å². The predicted octanol–water partition coefficient (Wildman–Crippen LogP) is 4.82. The normalized spacial score (nSPS) is 15.3. The summed E-state index contributed by atoms with van der Waals surface area (Å²) in [5, 5.41) is 13.6. The fraction of sp³-hybridized carbons (Fsp3) is 0.318. The van der Waals surface area contributed by atoms with Gasteiger partial charge in [-0.25, -0.2) is 0 Å². The van der Waals surface area contributed by atoms with E-state index >= 15 is 0 Å². The third-order valence-corrected chi connectivity index (χ3v) is 4.93. The van der Waals surface area contributed by atoms with Gasteiger partial charge in [0.25, 0.3) is 5.89 Å². The first-order chi connectivity index (χ1) is 13.6. The highest BCUT2D eigenvalue weighted by Crippen LogP contribution is 2.35. The van der Waals surface area contributed by atoms with Gasteiger partial charge in [0.15, 0.2) is 0 Å². The first-order valence-electron chi connectivity index (χ1n) is 9.49. The molecule has 29 heavy (non-hydrogen) atoms. The van der Waals surface area contributed by atoms with Gasteiger partial charge >= 0.3 is 0 Å². The molecular formula is C22H23ClN4O2. The Morgan fingerprint density at radius 2 is 2.10 bits per heavy atom. The van der Waals surface area contributed by atoms with Crippen LogP contribution in [0.5, 0.6) is 5.75 Å². The van der Waals surface area contributed by atoms with Gasteiger partial charge in [-0.3, -0.25) is 0 Å². The van der Waals surface area contributed by atoms with Crippen LogP contribution in [0.3, 0.4) is 0 Å². The Labute approximate surface area is 176 Å². The molecule has 7 heteroatoms. The zero-order valence-electron chi connectivity index (χ0n) is 16.4. The molecule has 1 aliphatic carbocycles. The van der Waals surface area contributed by atoms with Gasteiger partial charge in [-0.05, 0) is 62.4 Å². The van der Waals surface area contributed by atoms with Crippen LogP contribution in [-0.2, 0) is 6.42 Å². The third-order valence-electron chi connectivity index (χ3n) is 4.93. The molecule has 1 aliphatic rings. The van der Waals surface area contributed by atoms with E-state index in [4.69, 9.17) is 15.0 Å². The molecule has 0 saturated carbocycles. The first kappa shape index (κ1) is 20.8. The molecule has 0 unspecified atom stereocenters. The summed E-state index contributed by atoms with van der Waals surface area (Å²) in [6.45, 7) is 3.84. The van der Waals surface area contributed by atoms with Crippen molar-refractivity contribution in [3.8, 4) is 34.7 Å². The number of hydrogen-bond donors (Lipinski definition) is 1. The minimum Gasteiger partial charge on any atom is -0.490 e. The summed E-state index contributed by atoms with van der Waals surface area (Å²) in [6.07, 6.45) is 3.00. The summed E-state index contributed by atoms with van der Waals surface area (Å²) in [5.74, 6) is 1.47. The molecule has 0 saturated heterocycles. The second-order valence-corrected chi connectivity index (χ2v) is 7.28. The number of rotatable bonds is 4. The van der Waals surface area contributed by atoms with Crippen molar-refractivity contribution in [2.45, 2.75) is 45.3 Å². The highest BCUT2D eigenvalue weighted by molar-refractivity contribution is 5.85. The predicted molar refractivity (Wildman–Crippen MR) is 113 cm³/mol. The highest BCUT2D eigenvalue weighted by atomic mass is 35.5. The van der Waals surface area contributed by atoms with E-state index in [-0.39, 0.29) is 24.6 Å². The maximum absolute atomic E-state index is 9.43. The molecule has 0 bridgehead atoms. The van der Waals surface area contributed by atoms with Crippen LogP contribution in [0.15, 0.2) is 40.9 Å². The lowest BCUT2D eigenvalue weighted by atomic mass is 9.85. The van der Waals surface area contributed by atoms with Crippen LogP contribution in [0.4, 0.5) is 0 Å². The summed E-state index contributed by atoms with van der Waals surface area (Å²) in [6, 6.07) is 13.6. The second-order valence-electron chi connectivity index (χ2n) is 7.28. The summed E-state index contributed by atoms with van der Waals surface area (Å²) < 4.78 is 11.2. The lowest BCUT2D eigenvalue weighted by molar-refractivity contribution is 0.242. The average molecular weight is 411 g/mol. The highest BCUT2D eigenvalue weighted by Gasteiger charge is 2.22. The molecule has 0 aliphatic heterocycles. The number of nitrogens with two attached hydrogens (primary N) is 1. The number of benzene rings is 2. The Bertz CT molecular complexity index is 1060. The lowest BCUT2D eigenvalue weighted by Gasteiger charge is -2.23.